The molecule has 0 saturated carbocycles. The van der Waals surface area contributed by atoms with Crippen molar-refractivity contribution in [3.05, 3.63) is 47.0 Å². The van der Waals surface area contributed by atoms with E-state index in [0.717, 1.165) is 5.82 Å². The standard InChI is InChI=1S/C13H13ClN2O4S/c1-9-15-4-5-16(9)6-7-21(19,20)10-2-3-11(13(17)18)12(14)8-10/h2-5,8H,6-7H2,1H3,(H,17,18). The Morgan fingerprint density at radius 1 is 1.43 bits per heavy atom. The number of hydrogen-bond acceptors (Lipinski definition) is 4. The summed E-state index contributed by atoms with van der Waals surface area (Å²) >= 11 is 5.79. The van der Waals surface area contributed by atoms with E-state index in [2.05, 4.69) is 4.98 Å². The van der Waals surface area contributed by atoms with Crippen molar-refractivity contribution in [2.24, 2.45) is 0 Å². The molecule has 1 heterocycles. The van der Waals surface area contributed by atoms with Crippen LogP contribution in [-0.4, -0.2) is 34.8 Å². The molecule has 8 heteroatoms. The highest BCUT2D eigenvalue weighted by atomic mass is 35.5. The minimum Gasteiger partial charge on any atom is -0.478 e. The second kappa shape index (κ2) is 5.87. The topological polar surface area (TPSA) is 89.3 Å². The van der Waals surface area contributed by atoms with Crippen LogP contribution in [-0.2, 0) is 16.4 Å². The Kier molecular flexibility index (Phi) is 4.34. The van der Waals surface area contributed by atoms with E-state index in [4.69, 9.17) is 16.7 Å². The van der Waals surface area contributed by atoms with Gasteiger partial charge >= 0.3 is 5.97 Å². The number of carbonyl (C=O) groups is 1. The molecule has 112 valence electrons. The van der Waals surface area contributed by atoms with Crippen LogP contribution in [0.4, 0.5) is 0 Å². The van der Waals surface area contributed by atoms with Crippen LogP contribution in [0.15, 0.2) is 35.5 Å². The molecule has 1 N–H and O–H groups in total. The molecule has 0 spiro atoms. The van der Waals surface area contributed by atoms with Crippen molar-refractivity contribution in [1.29, 1.82) is 0 Å². The number of halogens is 1. The molecule has 0 amide bonds. The fourth-order valence-electron chi connectivity index (χ4n) is 1.84. The number of aromatic nitrogens is 2. The SMILES string of the molecule is Cc1nccn1CCS(=O)(=O)c1ccc(C(=O)O)c(Cl)c1. The minimum atomic E-state index is -3.54. The molecule has 21 heavy (non-hydrogen) atoms. The van der Waals surface area contributed by atoms with Crippen LogP contribution in [0.3, 0.4) is 0 Å². The van der Waals surface area contributed by atoms with Crippen LogP contribution in [0.1, 0.15) is 16.2 Å². The molecule has 0 atom stereocenters. The number of hydrogen-bond donors (Lipinski definition) is 1. The van der Waals surface area contributed by atoms with Crippen molar-refractivity contribution < 1.29 is 18.3 Å². The summed E-state index contributed by atoms with van der Waals surface area (Å²) in [6.45, 7) is 2.05. The van der Waals surface area contributed by atoms with Crippen molar-refractivity contribution in [2.45, 2.75) is 18.4 Å². The first-order valence-corrected chi connectivity index (χ1v) is 8.07. The van der Waals surface area contributed by atoms with Crippen LogP contribution >= 0.6 is 11.6 Å². The van der Waals surface area contributed by atoms with Crippen molar-refractivity contribution in [2.75, 3.05) is 5.75 Å². The number of rotatable bonds is 5. The number of aryl methyl sites for hydroxylation is 2. The Balaban J connectivity index is 2.22. The monoisotopic (exact) mass is 328 g/mol. The molecule has 0 unspecified atom stereocenters. The van der Waals surface area contributed by atoms with Gasteiger partial charge in [0.25, 0.3) is 0 Å². The van der Waals surface area contributed by atoms with Gasteiger partial charge in [0.15, 0.2) is 9.84 Å². The molecule has 6 nitrogen and oxygen atoms in total. The first-order chi connectivity index (χ1) is 9.81. The number of carboxylic acids is 1. The normalized spacial score (nSPS) is 11.5. The fraction of sp³-hybridized carbons (Fsp3) is 0.231. The van der Waals surface area contributed by atoms with Gasteiger partial charge in [0.05, 0.1) is 21.2 Å². The minimum absolute atomic E-state index is 0.00951. The third-order valence-electron chi connectivity index (χ3n) is 3.05. The predicted molar refractivity (Wildman–Crippen MR) is 77.4 cm³/mol. The smallest absolute Gasteiger partial charge is 0.337 e. The van der Waals surface area contributed by atoms with Crippen molar-refractivity contribution in [3.63, 3.8) is 0 Å². The third-order valence-corrected chi connectivity index (χ3v) is 5.06. The van der Waals surface area contributed by atoms with Crippen molar-refractivity contribution in [3.8, 4) is 0 Å². The molecule has 2 aromatic rings. The zero-order chi connectivity index (χ0) is 15.6. The Morgan fingerprint density at radius 3 is 2.67 bits per heavy atom. The van der Waals surface area contributed by atoms with Crippen LogP contribution < -0.4 is 0 Å². The highest BCUT2D eigenvalue weighted by Gasteiger charge is 2.18. The number of imidazole rings is 1. The summed E-state index contributed by atoms with van der Waals surface area (Å²) in [7, 11) is -3.54. The Hall–Kier alpha value is -1.86. The van der Waals surface area contributed by atoms with Gasteiger partial charge in [-0.3, -0.25) is 0 Å². The van der Waals surface area contributed by atoms with Gasteiger partial charge in [-0.05, 0) is 25.1 Å². The van der Waals surface area contributed by atoms with Crippen LogP contribution in [0, 0.1) is 6.92 Å². The zero-order valence-corrected chi connectivity index (χ0v) is 12.7. The van der Waals surface area contributed by atoms with E-state index >= 15 is 0 Å². The molecule has 0 radical (unpaired) electrons. The summed E-state index contributed by atoms with van der Waals surface area (Å²) in [6, 6.07) is 3.62. The van der Waals surface area contributed by atoms with Gasteiger partial charge in [-0.1, -0.05) is 11.6 Å². The van der Waals surface area contributed by atoms with Crippen molar-refractivity contribution >= 4 is 27.4 Å². The molecule has 0 aliphatic rings. The number of nitrogens with zero attached hydrogens (tertiary/aromatic N) is 2. The molecule has 0 aliphatic heterocycles. The fourth-order valence-corrected chi connectivity index (χ4v) is 3.41. The van der Waals surface area contributed by atoms with E-state index in [1.165, 1.54) is 18.2 Å². The first-order valence-electron chi connectivity index (χ1n) is 6.04. The Bertz CT molecular complexity index is 783. The van der Waals surface area contributed by atoms with E-state index in [-0.39, 0.29) is 27.8 Å². The van der Waals surface area contributed by atoms with Gasteiger partial charge in [0.1, 0.15) is 5.82 Å². The summed E-state index contributed by atoms with van der Waals surface area (Å²) < 4.78 is 26.2. The summed E-state index contributed by atoms with van der Waals surface area (Å²) in [6.07, 6.45) is 3.30. The van der Waals surface area contributed by atoms with Crippen molar-refractivity contribution in [1.82, 2.24) is 9.55 Å². The lowest BCUT2D eigenvalue weighted by Crippen LogP contribution is -2.14. The van der Waals surface area contributed by atoms with Crippen LogP contribution in [0.25, 0.3) is 0 Å². The van der Waals surface area contributed by atoms with Crippen LogP contribution in [0.5, 0.6) is 0 Å². The number of benzene rings is 1. The average molecular weight is 329 g/mol. The average Bonchev–Trinajstić information content (AvgIpc) is 2.81. The highest BCUT2D eigenvalue weighted by molar-refractivity contribution is 7.91. The lowest BCUT2D eigenvalue weighted by atomic mass is 10.2. The molecular weight excluding hydrogens is 316 g/mol. The molecule has 0 saturated heterocycles. The lowest BCUT2D eigenvalue weighted by Gasteiger charge is -2.08. The molecule has 0 bridgehead atoms. The second-order valence-electron chi connectivity index (χ2n) is 4.43. The largest absolute Gasteiger partial charge is 0.478 e. The van der Waals surface area contributed by atoms with E-state index in [0.29, 0.717) is 0 Å². The summed E-state index contributed by atoms with van der Waals surface area (Å²) in [5.41, 5.74) is -0.124. The maximum absolute atomic E-state index is 12.2. The maximum Gasteiger partial charge on any atom is 0.337 e. The van der Waals surface area contributed by atoms with Gasteiger partial charge in [-0.2, -0.15) is 0 Å². The number of carboxylic acid groups (broad SMARTS) is 1. The summed E-state index contributed by atoms with van der Waals surface area (Å²) in [5.74, 6) is -0.588. The Labute approximate surface area is 126 Å². The first kappa shape index (κ1) is 15.5. The summed E-state index contributed by atoms with van der Waals surface area (Å²) in [5, 5.41) is 8.78. The predicted octanol–water partition coefficient (Wildman–Crippen LogP) is 2.02. The molecule has 1 aromatic heterocycles. The highest BCUT2D eigenvalue weighted by Crippen LogP contribution is 2.22. The lowest BCUT2D eigenvalue weighted by molar-refractivity contribution is 0.0697. The summed E-state index contributed by atoms with van der Waals surface area (Å²) in [4.78, 5) is 14.9. The van der Waals surface area contributed by atoms with Gasteiger partial charge in [-0.15, -0.1) is 0 Å². The van der Waals surface area contributed by atoms with E-state index in [1.807, 2.05) is 0 Å². The Morgan fingerprint density at radius 2 is 2.14 bits per heavy atom. The molecular formula is C13H13ClN2O4S. The zero-order valence-electron chi connectivity index (χ0n) is 11.2. The second-order valence-corrected chi connectivity index (χ2v) is 6.95. The van der Waals surface area contributed by atoms with E-state index < -0.39 is 15.8 Å². The van der Waals surface area contributed by atoms with Gasteiger partial charge in [0, 0.05) is 18.9 Å². The molecule has 0 fully saturated rings. The van der Waals surface area contributed by atoms with E-state index in [1.54, 1.807) is 23.9 Å². The van der Waals surface area contributed by atoms with E-state index in [9.17, 15) is 13.2 Å². The number of sulfone groups is 1. The molecule has 1 aromatic carbocycles. The van der Waals surface area contributed by atoms with Gasteiger partial charge in [-0.25, -0.2) is 18.2 Å². The quantitative estimate of drug-likeness (QED) is 0.907. The number of aromatic carboxylic acids is 1. The third kappa shape index (κ3) is 3.43. The molecule has 0 aliphatic carbocycles. The van der Waals surface area contributed by atoms with Gasteiger partial charge < -0.3 is 9.67 Å². The van der Waals surface area contributed by atoms with Gasteiger partial charge in [0.2, 0.25) is 0 Å². The maximum atomic E-state index is 12.2. The van der Waals surface area contributed by atoms with Crippen LogP contribution in [0.2, 0.25) is 5.02 Å². The molecule has 2 rings (SSSR count).